The number of hydrogen-bond acceptors (Lipinski definition) is 5. The molecule has 0 saturated heterocycles. The maximum absolute atomic E-state index is 12.4. The third kappa shape index (κ3) is 3.46. The van der Waals surface area contributed by atoms with Gasteiger partial charge in [0, 0.05) is 11.0 Å². The molecule has 1 aliphatic heterocycles. The van der Waals surface area contributed by atoms with Crippen molar-refractivity contribution < 1.29 is 13.2 Å². The van der Waals surface area contributed by atoms with Gasteiger partial charge in [-0.3, -0.25) is 4.79 Å². The molecule has 120 valence electrons. The Balaban J connectivity index is 1.83. The minimum absolute atomic E-state index is 0.103. The number of amides is 1. The molecule has 0 fully saturated rings. The van der Waals surface area contributed by atoms with Crippen LogP contribution in [0.15, 0.2) is 35.7 Å². The van der Waals surface area contributed by atoms with Gasteiger partial charge in [0.05, 0.1) is 22.5 Å². The number of hydrogen-bond donors (Lipinski definition) is 1. The van der Waals surface area contributed by atoms with Crippen molar-refractivity contribution in [2.75, 3.05) is 5.75 Å². The van der Waals surface area contributed by atoms with E-state index in [1.807, 2.05) is 18.2 Å². The summed E-state index contributed by atoms with van der Waals surface area (Å²) in [6, 6.07) is 6.78. The average molecular weight is 369 g/mol. The Morgan fingerprint density at radius 2 is 2.13 bits per heavy atom. The summed E-state index contributed by atoms with van der Waals surface area (Å²) in [6.45, 7) is 1.74. The molecular formula is C15H13ClN2O3S2. The van der Waals surface area contributed by atoms with Gasteiger partial charge in [-0.15, -0.1) is 11.3 Å². The fourth-order valence-corrected chi connectivity index (χ4v) is 4.78. The van der Waals surface area contributed by atoms with Crippen molar-refractivity contribution in [2.24, 2.45) is 0 Å². The van der Waals surface area contributed by atoms with Crippen LogP contribution in [0.2, 0.25) is 5.02 Å². The highest BCUT2D eigenvalue weighted by Gasteiger charge is 2.25. The molecule has 0 radical (unpaired) electrons. The van der Waals surface area contributed by atoms with Crippen molar-refractivity contribution >= 4 is 38.7 Å². The van der Waals surface area contributed by atoms with Gasteiger partial charge >= 0.3 is 0 Å². The second-order valence-corrected chi connectivity index (χ2v) is 8.49. The zero-order valence-electron chi connectivity index (χ0n) is 12.1. The number of aryl methyl sites for hydroxylation is 1. The van der Waals surface area contributed by atoms with E-state index in [1.54, 1.807) is 13.0 Å². The monoisotopic (exact) mass is 368 g/mol. The molecule has 1 atom stereocenters. The molecule has 1 aliphatic rings. The molecular weight excluding hydrogens is 356 g/mol. The summed E-state index contributed by atoms with van der Waals surface area (Å²) >= 11 is 7.40. The predicted octanol–water partition coefficient (Wildman–Crippen LogP) is 2.81. The number of carbonyl (C=O) groups excluding carboxylic acids is 1. The van der Waals surface area contributed by atoms with Crippen molar-refractivity contribution in [3.05, 3.63) is 51.3 Å². The van der Waals surface area contributed by atoms with Gasteiger partial charge in [-0.25, -0.2) is 13.4 Å². The summed E-state index contributed by atoms with van der Waals surface area (Å²) in [6.07, 6.45) is 1.48. The molecule has 0 saturated carbocycles. The van der Waals surface area contributed by atoms with Gasteiger partial charge in [-0.1, -0.05) is 29.8 Å². The molecule has 3 rings (SSSR count). The average Bonchev–Trinajstić information content (AvgIpc) is 3.02. The Bertz CT molecular complexity index is 903. The highest BCUT2D eigenvalue weighted by atomic mass is 35.5. The first-order valence-corrected chi connectivity index (χ1v) is 9.71. The smallest absolute Gasteiger partial charge is 0.263 e. The Hall–Kier alpha value is -1.70. The highest BCUT2D eigenvalue weighted by Crippen LogP contribution is 2.32. The van der Waals surface area contributed by atoms with Crippen LogP contribution < -0.4 is 5.32 Å². The zero-order valence-corrected chi connectivity index (χ0v) is 14.5. The van der Waals surface area contributed by atoms with Gasteiger partial charge < -0.3 is 5.32 Å². The van der Waals surface area contributed by atoms with Crippen molar-refractivity contribution in [2.45, 2.75) is 13.0 Å². The summed E-state index contributed by atoms with van der Waals surface area (Å²) < 4.78 is 22.8. The van der Waals surface area contributed by atoms with Crippen molar-refractivity contribution in [1.29, 1.82) is 0 Å². The maximum atomic E-state index is 12.4. The van der Waals surface area contributed by atoms with E-state index in [0.29, 0.717) is 20.6 Å². The number of halogens is 1. The fourth-order valence-electron chi connectivity index (χ4n) is 2.26. The largest absolute Gasteiger partial charge is 0.344 e. The first kappa shape index (κ1) is 16.2. The summed E-state index contributed by atoms with van der Waals surface area (Å²) in [4.78, 5) is 17.2. The number of nitrogens with zero attached hydrogens (tertiary/aromatic N) is 1. The second kappa shape index (κ2) is 6.07. The lowest BCUT2D eigenvalue weighted by molar-refractivity contribution is 0.0951. The van der Waals surface area contributed by atoms with Crippen LogP contribution >= 0.6 is 22.9 Å². The normalized spacial score (nSPS) is 19.0. The van der Waals surface area contributed by atoms with E-state index in [4.69, 9.17) is 11.6 Å². The number of rotatable bonds is 3. The summed E-state index contributed by atoms with van der Waals surface area (Å²) in [7, 11) is -3.20. The SMILES string of the molecule is Cc1nc(-c2ccccc2Cl)sc1C(=O)N[C@@H]1C=CS(=O)(=O)C1. The molecule has 0 unspecified atom stereocenters. The van der Waals surface area contributed by atoms with Crippen molar-refractivity contribution in [3.8, 4) is 10.6 Å². The number of benzene rings is 1. The number of aromatic nitrogens is 1. The second-order valence-electron chi connectivity index (χ2n) is 5.15. The van der Waals surface area contributed by atoms with E-state index in [0.717, 1.165) is 11.0 Å². The van der Waals surface area contributed by atoms with Crippen LogP contribution in [0.5, 0.6) is 0 Å². The van der Waals surface area contributed by atoms with Gasteiger partial charge in [0.2, 0.25) is 0 Å². The Morgan fingerprint density at radius 1 is 1.39 bits per heavy atom. The van der Waals surface area contributed by atoms with E-state index in [9.17, 15) is 13.2 Å². The minimum atomic E-state index is -3.20. The first-order chi connectivity index (χ1) is 10.9. The van der Waals surface area contributed by atoms with Crippen LogP contribution in [0.1, 0.15) is 15.4 Å². The van der Waals surface area contributed by atoms with Crippen molar-refractivity contribution in [3.63, 3.8) is 0 Å². The summed E-state index contributed by atoms with van der Waals surface area (Å²) in [5, 5.41) is 5.06. The van der Waals surface area contributed by atoms with Crippen LogP contribution in [-0.2, 0) is 9.84 Å². The topological polar surface area (TPSA) is 76.1 Å². The lowest BCUT2D eigenvalue weighted by Gasteiger charge is -2.08. The maximum Gasteiger partial charge on any atom is 0.263 e. The molecule has 2 heterocycles. The van der Waals surface area contributed by atoms with E-state index >= 15 is 0 Å². The molecule has 0 aliphatic carbocycles. The Kier molecular flexibility index (Phi) is 4.27. The molecule has 8 heteroatoms. The van der Waals surface area contributed by atoms with Gasteiger partial charge in [-0.05, 0) is 19.1 Å². The zero-order chi connectivity index (χ0) is 16.6. The molecule has 23 heavy (non-hydrogen) atoms. The first-order valence-electron chi connectivity index (χ1n) is 6.80. The Labute approximate surface area is 142 Å². The molecule has 5 nitrogen and oxygen atoms in total. The highest BCUT2D eigenvalue weighted by molar-refractivity contribution is 7.94. The molecule has 1 amide bonds. The van der Waals surface area contributed by atoms with Gasteiger partial charge in [0.15, 0.2) is 9.84 Å². The predicted molar refractivity (Wildman–Crippen MR) is 91.5 cm³/mol. The molecule has 1 aromatic carbocycles. The quantitative estimate of drug-likeness (QED) is 0.903. The number of sulfone groups is 1. The summed E-state index contributed by atoms with van der Waals surface area (Å²) in [5.41, 5.74) is 1.36. The number of thiazole rings is 1. The van der Waals surface area contributed by atoms with Crippen LogP contribution in [0.3, 0.4) is 0 Å². The third-order valence-corrected chi connectivity index (χ3v) is 6.27. The molecule has 0 spiro atoms. The minimum Gasteiger partial charge on any atom is -0.344 e. The fraction of sp³-hybridized carbons (Fsp3) is 0.200. The van der Waals surface area contributed by atoms with Crippen molar-refractivity contribution in [1.82, 2.24) is 10.3 Å². The van der Waals surface area contributed by atoms with E-state index in [-0.39, 0.29) is 11.7 Å². The van der Waals surface area contributed by atoms with Crippen LogP contribution in [-0.4, -0.2) is 31.1 Å². The van der Waals surface area contributed by atoms with Gasteiger partial charge in [0.1, 0.15) is 9.88 Å². The van der Waals surface area contributed by atoms with E-state index < -0.39 is 15.9 Å². The Morgan fingerprint density at radius 3 is 2.78 bits per heavy atom. The van der Waals surface area contributed by atoms with Gasteiger partial charge in [-0.2, -0.15) is 0 Å². The van der Waals surface area contributed by atoms with E-state index in [1.165, 1.54) is 17.4 Å². The third-order valence-electron chi connectivity index (χ3n) is 3.35. The van der Waals surface area contributed by atoms with Crippen LogP contribution in [0, 0.1) is 6.92 Å². The van der Waals surface area contributed by atoms with E-state index in [2.05, 4.69) is 10.3 Å². The lowest BCUT2D eigenvalue weighted by Crippen LogP contribution is -2.35. The van der Waals surface area contributed by atoms with Gasteiger partial charge in [0.25, 0.3) is 5.91 Å². The standard InChI is InChI=1S/C15H13ClN2O3S2/c1-9-13(14(19)18-10-6-7-23(20,21)8-10)22-15(17-9)11-4-2-3-5-12(11)16/h2-7,10H,8H2,1H3,(H,18,19)/t10-/m1/s1. The molecule has 0 bridgehead atoms. The lowest BCUT2D eigenvalue weighted by atomic mass is 10.2. The van der Waals surface area contributed by atoms with Crippen LogP contribution in [0.4, 0.5) is 0 Å². The number of carbonyl (C=O) groups is 1. The molecule has 1 N–H and O–H groups in total. The summed E-state index contributed by atoms with van der Waals surface area (Å²) in [5.74, 6) is -0.432. The number of nitrogens with one attached hydrogen (secondary N) is 1. The van der Waals surface area contributed by atoms with Crippen LogP contribution in [0.25, 0.3) is 10.6 Å². The molecule has 2 aromatic rings. The molecule has 1 aromatic heterocycles.